The SMILES string of the molecule is COC(=O)c1c(NC(=S)NCc2ccc(C(=O)O)cc2)sc(C)c1C. The fraction of sp³-hybridized carbons (Fsp3) is 0.235. The van der Waals surface area contributed by atoms with Gasteiger partial charge in [0.25, 0.3) is 0 Å². The largest absolute Gasteiger partial charge is 0.478 e. The maximum atomic E-state index is 11.9. The summed E-state index contributed by atoms with van der Waals surface area (Å²) in [5.41, 5.74) is 2.48. The molecular weight excluding hydrogens is 360 g/mol. The summed E-state index contributed by atoms with van der Waals surface area (Å²) in [6.07, 6.45) is 0. The minimum Gasteiger partial charge on any atom is -0.478 e. The number of thiophene rings is 1. The zero-order chi connectivity index (χ0) is 18.6. The molecule has 0 saturated heterocycles. The van der Waals surface area contributed by atoms with E-state index < -0.39 is 11.9 Å². The molecule has 2 aromatic rings. The number of aryl methyl sites for hydroxylation is 1. The molecule has 0 aliphatic carbocycles. The zero-order valence-electron chi connectivity index (χ0n) is 14.0. The first-order valence-electron chi connectivity index (χ1n) is 7.39. The summed E-state index contributed by atoms with van der Waals surface area (Å²) in [4.78, 5) is 23.8. The van der Waals surface area contributed by atoms with Gasteiger partial charge >= 0.3 is 11.9 Å². The highest BCUT2D eigenvalue weighted by Gasteiger charge is 2.20. The van der Waals surface area contributed by atoms with Gasteiger partial charge < -0.3 is 20.5 Å². The molecule has 0 radical (unpaired) electrons. The van der Waals surface area contributed by atoms with E-state index in [-0.39, 0.29) is 5.56 Å². The molecule has 0 amide bonds. The second kappa shape index (κ2) is 8.09. The number of carbonyl (C=O) groups is 2. The maximum absolute atomic E-state index is 11.9. The van der Waals surface area contributed by atoms with Gasteiger partial charge in [0.05, 0.1) is 18.2 Å². The summed E-state index contributed by atoms with van der Waals surface area (Å²) in [5, 5.41) is 16.0. The number of benzene rings is 1. The molecule has 0 spiro atoms. The van der Waals surface area contributed by atoms with Crippen molar-refractivity contribution in [2.45, 2.75) is 20.4 Å². The van der Waals surface area contributed by atoms with Crippen LogP contribution >= 0.6 is 23.6 Å². The number of hydrogen-bond acceptors (Lipinski definition) is 5. The first-order valence-corrected chi connectivity index (χ1v) is 8.61. The van der Waals surface area contributed by atoms with Crippen molar-refractivity contribution in [1.82, 2.24) is 5.32 Å². The number of aromatic carboxylic acids is 1. The predicted octanol–water partition coefficient (Wildman–Crippen LogP) is 3.34. The minimum atomic E-state index is -0.963. The second-order valence-corrected chi connectivity index (χ2v) is 6.92. The second-order valence-electron chi connectivity index (χ2n) is 5.29. The number of esters is 1. The number of ether oxygens (including phenoxy) is 1. The molecule has 8 heteroatoms. The Morgan fingerprint density at radius 2 is 1.88 bits per heavy atom. The van der Waals surface area contributed by atoms with Crippen molar-refractivity contribution in [2.24, 2.45) is 0 Å². The average molecular weight is 378 g/mol. The highest BCUT2D eigenvalue weighted by Crippen LogP contribution is 2.32. The van der Waals surface area contributed by atoms with Crippen molar-refractivity contribution in [1.29, 1.82) is 0 Å². The van der Waals surface area contributed by atoms with Gasteiger partial charge in [-0.25, -0.2) is 9.59 Å². The van der Waals surface area contributed by atoms with Gasteiger partial charge in [0.1, 0.15) is 5.00 Å². The number of rotatable bonds is 5. The molecule has 0 fully saturated rings. The third-order valence-corrected chi connectivity index (χ3v) is 5.02. The van der Waals surface area contributed by atoms with Crippen molar-refractivity contribution < 1.29 is 19.4 Å². The molecule has 0 saturated carbocycles. The smallest absolute Gasteiger partial charge is 0.341 e. The third-order valence-electron chi connectivity index (χ3n) is 3.66. The number of anilines is 1. The third kappa shape index (κ3) is 4.55. The highest BCUT2D eigenvalue weighted by molar-refractivity contribution is 7.80. The zero-order valence-corrected chi connectivity index (χ0v) is 15.6. The Morgan fingerprint density at radius 3 is 2.44 bits per heavy atom. The lowest BCUT2D eigenvalue weighted by Gasteiger charge is -2.11. The topological polar surface area (TPSA) is 87.7 Å². The molecular formula is C17H18N2O4S2. The Balaban J connectivity index is 2.02. The molecule has 2 rings (SSSR count). The lowest BCUT2D eigenvalue weighted by Crippen LogP contribution is -2.28. The molecule has 0 aliphatic heterocycles. The summed E-state index contributed by atoms with van der Waals surface area (Å²) >= 11 is 6.71. The van der Waals surface area contributed by atoms with Crippen LogP contribution in [0, 0.1) is 13.8 Å². The van der Waals surface area contributed by atoms with E-state index in [1.807, 2.05) is 13.8 Å². The molecule has 0 bridgehead atoms. The van der Waals surface area contributed by atoms with Gasteiger partial charge in [-0.1, -0.05) is 12.1 Å². The van der Waals surface area contributed by atoms with Gasteiger partial charge in [-0.3, -0.25) is 0 Å². The molecule has 132 valence electrons. The number of carboxylic acids is 1. The molecule has 25 heavy (non-hydrogen) atoms. The van der Waals surface area contributed by atoms with Crippen LogP contribution in [0.3, 0.4) is 0 Å². The summed E-state index contributed by atoms with van der Waals surface area (Å²) < 4.78 is 4.83. The maximum Gasteiger partial charge on any atom is 0.341 e. The Bertz CT molecular complexity index is 813. The monoisotopic (exact) mass is 378 g/mol. The van der Waals surface area contributed by atoms with Crippen molar-refractivity contribution in [3.8, 4) is 0 Å². The first kappa shape index (κ1) is 18.9. The normalized spacial score (nSPS) is 10.2. The Kier molecular flexibility index (Phi) is 6.11. The van der Waals surface area contributed by atoms with E-state index >= 15 is 0 Å². The highest BCUT2D eigenvalue weighted by atomic mass is 32.1. The number of carboxylic acid groups (broad SMARTS) is 1. The van der Waals surface area contributed by atoms with Crippen LogP contribution in [0.15, 0.2) is 24.3 Å². The van der Waals surface area contributed by atoms with Gasteiger partial charge in [0.2, 0.25) is 0 Å². The molecule has 0 atom stereocenters. The fourth-order valence-electron chi connectivity index (χ4n) is 2.16. The van der Waals surface area contributed by atoms with Crippen LogP contribution in [0.1, 0.15) is 36.7 Å². The van der Waals surface area contributed by atoms with Crippen LogP contribution in [-0.2, 0) is 11.3 Å². The van der Waals surface area contributed by atoms with Crippen LogP contribution in [0.2, 0.25) is 0 Å². The van der Waals surface area contributed by atoms with E-state index in [0.29, 0.717) is 22.2 Å². The number of nitrogens with one attached hydrogen (secondary N) is 2. The summed E-state index contributed by atoms with van der Waals surface area (Å²) in [7, 11) is 1.34. The van der Waals surface area contributed by atoms with E-state index in [2.05, 4.69) is 10.6 Å². The summed E-state index contributed by atoms with van der Waals surface area (Å²) in [5.74, 6) is -1.37. The standard InChI is InChI=1S/C17H18N2O4S2/c1-9-10(2)25-14(13(9)16(22)23-3)19-17(24)18-8-11-4-6-12(7-5-11)15(20)21/h4-7H,8H2,1-3H3,(H,20,21)(H2,18,19,24). The van der Waals surface area contributed by atoms with E-state index in [1.165, 1.54) is 30.6 Å². The van der Waals surface area contributed by atoms with Crippen molar-refractivity contribution in [3.63, 3.8) is 0 Å². The molecule has 0 aliphatic rings. The van der Waals surface area contributed by atoms with Crippen LogP contribution in [0.5, 0.6) is 0 Å². The van der Waals surface area contributed by atoms with Crippen molar-refractivity contribution >= 4 is 45.6 Å². The number of thiocarbonyl (C=S) groups is 1. The van der Waals surface area contributed by atoms with Crippen LogP contribution < -0.4 is 10.6 Å². The molecule has 3 N–H and O–H groups in total. The van der Waals surface area contributed by atoms with Crippen LogP contribution in [0.4, 0.5) is 5.00 Å². The lowest BCUT2D eigenvalue weighted by molar-refractivity contribution is 0.0600. The van der Waals surface area contributed by atoms with Crippen LogP contribution in [0.25, 0.3) is 0 Å². The number of carbonyl (C=O) groups excluding carboxylic acids is 1. The fourth-order valence-corrected chi connectivity index (χ4v) is 3.45. The molecule has 1 aromatic carbocycles. The van der Waals surface area contributed by atoms with Gasteiger partial charge in [0.15, 0.2) is 5.11 Å². The Morgan fingerprint density at radius 1 is 1.24 bits per heavy atom. The van der Waals surface area contributed by atoms with Gasteiger partial charge in [0, 0.05) is 11.4 Å². The van der Waals surface area contributed by atoms with Gasteiger partial charge in [-0.2, -0.15) is 0 Å². The number of methoxy groups -OCH3 is 1. The Hall–Kier alpha value is -2.45. The van der Waals surface area contributed by atoms with E-state index in [1.54, 1.807) is 12.1 Å². The number of hydrogen-bond donors (Lipinski definition) is 3. The van der Waals surface area contributed by atoms with Crippen LogP contribution in [-0.4, -0.2) is 29.3 Å². The molecule has 0 unspecified atom stereocenters. The quantitative estimate of drug-likeness (QED) is 0.543. The molecule has 1 heterocycles. The first-order chi connectivity index (χ1) is 11.8. The van der Waals surface area contributed by atoms with Crippen molar-refractivity contribution in [3.05, 3.63) is 51.4 Å². The summed E-state index contributed by atoms with van der Waals surface area (Å²) in [6, 6.07) is 6.52. The predicted molar refractivity (Wildman–Crippen MR) is 102 cm³/mol. The molecule has 1 aromatic heterocycles. The van der Waals surface area contributed by atoms with Gasteiger partial charge in [-0.05, 0) is 49.3 Å². The van der Waals surface area contributed by atoms with Gasteiger partial charge in [-0.15, -0.1) is 11.3 Å². The van der Waals surface area contributed by atoms with E-state index in [0.717, 1.165) is 16.0 Å². The van der Waals surface area contributed by atoms with E-state index in [9.17, 15) is 9.59 Å². The lowest BCUT2D eigenvalue weighted by atomic mass is 10.1. The molecule has 6 nitrogen and oxygen atoms in total. The van der Waals surface area contributed by atoms with Crippen molar-refractivity contribution in [2.75, 3.05) is 12.4 Å². The minimum absolute atomic E-state index is 0.233. The Labute approximate surface area is 154 Å². The average Bonchev–Trinajstić information content (AvgIpc) is 2.86. The van der Waals surface area contributed by atoms with E-state index in [4.69, 9.17) is 22.1 Å². The summed E-state index contributed by atoms with van der Waals surface area (Å²) in [6.45, 7) is 4.23.